The van der Waals surface area contributed by atoms with E-state index in [1.165, 1.54) is 42.0 Å². The van der Waals surface area contributed by atoms with Crippen LogP contribution >= 0.6 is 11.8 Å². The lowest BCUT2D eigenvalue weighted by atomic mass is 10.3. The Morgan fingerprint density at radius 2 is 1.95 bits per heavy atom. The molecule has 1 aromatic heterocycles. The van der Waals surface area contributed by atoms with Crippen molar-refractivity contribution >= 4 is 17.4 Å². The summed E-state index contributed by atoms with van der Waals surface area (Å²) in [5, 5.41) is 4.35. The Balaban J connectivity index is 1.66. The first-order valence-corrected chi connectivity index (χ1v) is 7.91. The number of para-hydroxylation sites is 1. The predicted molar refractivity (Wildman–Crippen MR) is 82.7 cm³/mol. The van der Waals surface area contributed by atoms with Crippen molar-refractivity contribution in [2.45, 2.75) is 42.4 Å². The van der Waals surface area contributed by atoms with E-state index in [9.17, 15) is 0 Å². The fourth-order valence-corrected chi connectivity index (χ4v) is 3.92. The second kappa shape index (κ2) is 6.20. The molecular weight excluding hydrogens is 252 g/mol. The van der Waals surface area contributed by atoms with Crippen LogP contribution < -0.4 is 5.32 Å². The normalized spacial score (nSPS) is 15.8. The molecule has 0 atom stereocenters. The van der Waals surface area contributed by atoms with E-state index in [1.807, 2.05) is 24.0 Å². The van der Waals surface area contributed by atoms with Gasteiger partial charge in [0.05, 0.1) is 6.54 Å². The number of rotatable bonds is 5. The van der Waals surface area contributed by atoms with Crippen LogP contribution in [-0.2, 0) is 6.54 Å². The van der Waals surface area contributed by atoms with E-state index < -0.39 is 0 Å². The molecule has 1 aliphatic carbocycles. The van der Waals surface area contributed by atoms with Gasteiger partial charge in [-0.1, -0.05) is 25.0 Å². The molecule has 3 heteroatoms. The summed E-state index contributed by atoms with van der Waals surface area (Å²) in [4.78, 5) is 4.62. The van der Waals surface area contributed by atoms with E-state index in [0.29, 0.717) is 0 Å². The van der Waals surface area contributed by atoms with Crippen LogP contribution in [0.5, 0.6) is 0 Å². The minimum Gasteiger partial charge on any atom is -0.379 e. The minimum absolute atomic E-state index is 0.813. The van der Waals surface area contributed by atoms with Gasteiger partial charge in [0.2, 0.25) is 0 Å². The number of thioether (sulfide) groups is 1. The lowest BCUT2D eigenvalue weighted by Gasteiger charge is -2.14. The third-order valence-electron chi connectivity index (χ3n) is 3.61. The maximum absolute atomic E-state index is 3.54. The van der Waals surface area contributed by atoms with Crippen molar-refractivity contribution in [2.24, 2.45) is 0 Å². The highest BCUT2D eigenvalue weighted by molar-refractivity contribution is 8.00. The molecule has 19 heavy (non-hydrogen) atoms. The van der Waals surface area contributed by atoms with Crippen LogP contribution in [0.25, 0.3) is 0 Å². The molecule has 0 radical (unpaired) electrons. The summed E-state index contributed by atoms with van der Waals surface area (Å²) in [6, 6.07) is 12.8. The first-order valence-electron chi connectivity index (χ1n) is 7.03. The summed E-state index contributed by atoms with van der Waals surface area (Å²) in [5.41, 5.74) is 2.48. The van der Waals surface area contributed by atoms with Crippen LogP contribution in [-0.4, -0.2) is 10.2 Å². The maximum atomic E-state index is 3.54. The molecule has 1 aromatic carbocycles. The smallest absolute Gasteiger partial charge is 0.0551 e. The molecule has 1 fully saturated rings. The van der Waals surface area contributed by atoms with E-state index in [0.717, 1.165) is 11.8 Å². The number of aromatic nitrogens is 1. The van der Waals surface area contributed by atoms with Gasteiger partial charge in [0.1, 0.15) is 0 Å². The van der Waals surface area contributed by atoms with Crippen LogP contribution in [0.3, 0.4) is 0 Å². The Hall–Kier alpha value is -1.35. The summed E-state index contributed by atoms with van der Waals surface area (Å²) in [6.07, 6.45) is 7.51. The molecule has 0 bridgehead atoms. The lowest BCUT2D eigenvalue weighted by molar-refractivity contribution is 0.886. The zero-order valence-electron chi connectivity index (χ0n) is 11.1. The average Bonchev–Trinajstić information content (AvgIpc) is 3.10. The second-order valence-electron chi connectivity index (χ2n) is 5.07. The summed E-state index contributed by atoms with van der Waals surface area (Å²) in [7, 11) is 0. The molecule has 1 heterocycles. The number of anilines is 1. The van der Waals surface area contributed by atoms with Crippen molar-refractivity contribution in [3.8, 4) is 0 Å². The van der Waals surface area contributed by atoms with Crippen LogP contribution in [0.1, 0.15) is 31.4 Å². The van der Waals surface area contributed by atoms with Crippen molar-refractivity contribution < 1.29 is 0 Å². The predicted octanol–water partition coefficient (Wildman–Crippen LogP) is 4.66. The first-order chi connectivity index (χ1) is 9.42. The number of aromatic amines is 1. The van der Waals surface area contributed by atoms with E-state index >= 15 is 0 Å². The molecule has 1 aliphatic rings. The van der Waals surface area contributed by atoms with Crippen molar-refractivity contribution in [2.75, 3.05) is 5.32 Å². The topological polar surface area (TPSA) is 27.8 Å². The molecule has 0 amide bonds. The Labute approximate surface area is 119 Å². The molecule has 1 saturated carbocycles. The van der Waals surface area contributed by atoms with Crippen LogP contribution in [0.15, 0.2) is 47.5 Å². The van der Waals surface area contributed by atoms with Gasteiger partial charge >= 0.3 is 0 Å². The van der Waals surface area contributed by atoms with E-state index in [1.54, 1.807) is 0 Å². The van der Waals surface area contributed by atoms with Gasteiger partial charge in [0, 0.05) is 27.7 Å². The van der Waals surface area contributed by atoms with E-state index in [4.69, 9.17) is 0 Å². The lowest BCUT2D eigenvalue weighted by Crippen LogP contribution is -2.02. The Morgan fingerprint density at radius 1 is 1.11 bits per heavy atom. The number of H-pyrrole nitrogens is 1. The quantitative estimate of drug-likeness (QED) is 0.828. The number of benzene rings is 1. The zero-order valence-corrected chi connectivity index (χ0v) is 11.9. The molecule has 2 aromatic rings. The zero-order chi connectivity index (χ0) is 12.9. The molecule has 2 N–H and O–H groups in total. The summed E-state index contributed by atoms with van der Waals surface area (Å²) < 4.78 is 0. The molecule has 0 saturated heterocycles. The van der Waals surface area contributed by atoms with E-state index in [-0.39, 0.29) is 0 Å². The summed E-state index contributed by atoms with van der Waals surface area (Å²) in [6.45, 7) is 0.856. The van der Waals surface area contributed by atoms with Gasteiger partial charge in [-0.3, -0.25) is 0 Å². The highest BCUT2D eigenvalue weighted by Gasteiger charge is 2.17. The second-order valence-corrected chi connectivity index (χ2v) is 6.41. The van der Waals surface area contributed by atoms with Gasteiger partial charge in [-0.05, 0) is 37.1 Å². The highest BCUT2D eigenvalue weighted by Crippen LogP contribution is 2.38. The van der Waals surface area contributed by atoms with Gasteiger partial charge in [-0.2, -0.15) is 0 Å². The summed E-state index contributed by atoms with van der Waals surface area (Å²) >= 11 is 2.04. The number of hydrogen-bond donors (Lipinski definition) is 2. The maximum Gasteiger partial charge on any atom is 0.0551 e. The molecule has 0 unspecified atom stereocenters. The Kier molecular flexibility index (Phi) is 4.13. The highest BCUT2D eigenvalue weighted by atomic mass is 32.2. The number of hydrogen-bond acceptors (Lipinski definition) is 2. The van der Waals surface area contributed by atoms with E-state index in [2.05, 4.69) is 40.6 Å². The Morgan fingerprint density at radius 3 is 2.74 bits per heavy atom. The van der Waals surface area contributed by atoms with Crippen molar-refractivity contribution in [3.63, 3.8) is 0 Å². The molecule has 0 spiro atoms. The molecule has 3 rings (SSSR count). The minimum atomic E-state index is 0.813. The Bertz CT molecular complexity index is 501. The van der Waals surface area contributed by atoms with Gasteiger partial charge in [-0.25, -0.2) is 0 Å². The molecular formula is C16H20N2S. The first kappa shape index (κ1) is 12.7. The third kappa shape index (κ3) is 3.35. The van der Waals surface area contributed by atoms with Crippen molar-refractivity contribution in [1.29, 1.82) is 0 Å². The fraction of sp³-hybridized carbons (Fsp3) is 0.375. The fourth-order valence-electron chi connectivity index (χ4n) is 2.57. The van der Waals surface area contributed by atoms with Crippen LogP contribution in [0, 0.1) is 0 Å². The average molecular weight is 272 g/mol. The summed E-state index contributed by atoms with van der Waals surface area (Å²) in [5.74, 6) is 0. The standard InChI is InChI=1S/C16H20N2S/c1-2-8-14(7-1)19-16-10-4-3-9-15(16)18-12-13-6-5-11-17-13/h3-6,9-11,14,17-18H,1-2,7-8,12H2. The monoisotopic (exact) mass is 272 g/mol. The van der Waals surface area contributed by atoms with Crippen LogP contribution in [0.2, 0.25) is 0 Å². The van der Waals surface area contributed by atoms with Gasteiger partial charge < -0.3 is 10.3 Å². The van der Waals surface area contributed by atoms with Crippen molar-refractivity contribution in [3.05, 3.63) is 48.3 Å². The molecule has 2 nitrogen and oxygen atoms in total. The molecule has 100 valence electrons. The largest absolute Gasteiger partial charge is 0.379 e. The van der Waals surface area contributed by atoms with Crippen molar-refractivity contribution in [1.82, 2.24) is 4.98 Å². The third-order valence-corrected chi connectivity index (χ3v) is 5.03. The van der Waals surface area contributed by atoms with Gasteiger partial charge in [0.15, 0.2) is 0 Å². The SMILES string of the molecule is c1c[nH]c(CNc2ccccc2SC2CCCC2)c1. The number of nitrogens with one attached hydrogen (secondary N) is 2. The molecule has 0 aliphatic heterocycles. The van der Waals surface area contributed by atoms with Gasteiger partial charge in [0.25, 0.3) is 0 Å². The van der Waals surface area contributed by atoms with Crippen LogP contribution in [0.4, 0.5) is 5.69 Å². The van der Waals surface area contributed by atoms with Gasteiger partial charge in [-0.15, -0.1) is 11.8 Å².